The zero-order valence-electron chi connectivity index (χ0n) is 11.4. The van der Waals surface area contributed by atoms with Crippen LogP contribution in [0.5, 0.6) is 0 Å². The molecule has 0 aromatic carbocycles. The fourth-order valence-corrected chi connectivity index (χ4v) is 1.99. The highest BCUT2D eigenvalue weighted by molar-refractivity contribution is 5.80. The predicted molar refractivity (Wildman–Crippen MR) is 73.4 cm³/mol. The van der Waals surface area contributed by atoms with Crippen LogP contribution in [0.15, 0.2) is 6.07 Å². The van der Waals surface area contributed by atoms with Crippen molar-refractivity contribution < 1.29 is 9.53 Å². The molecule has 104 valence electrons. The summed E-state index contributed by atoms with van der Waals surface area (Å²) in [5.41, 5.74) is 0. The first kappa shape index (κ1) is 13.7. The molecular formula is C13H20N4O2. The van der Waals surface area contributed by atoms with Gasteiger partial charge < -0.3 is 15.4 Å². The maximum atomic E-state index is 10.9. The number of hydrogen-bond donors (Lipinski definition) is 2. The van der Waals surface area contributed by atoms with Crippen molar-refractivity contribution in [1.82, 2.24) is 9.97 Å². The first-order valence-corrected chi connectivity index (χ1v) is 6.58. The van der Waals surface area contributed by atoms with Gasteiger partial charge in [-0.2, -0.15) is 0 Å². The van der Waals surface area contributed by atoms with Gasteiger partial charge in [0.1, 0.15) is 23.2 Å². The smallest absolute Gasteiger partial charge is 0.148 e. The van der Waals surface area contributed by atoms with E-state index in [1.54, 1.807) is 0 Å². The number of carbonyl (C=O) groups excluding carboxylic acids is 1. The molecule has 2 heterocycles. The second kappa shape index (κ2) is 6.47. The average Bonchev–Trinajstić information content (AvgIpc) is 2.86. The highest BCUT2D eigenvalue weighted by atomic mass is 16.5. The summed E-state index contributed by atoms with van der Waals surface area (Å²) in [5, 5.41) is 6.24. The van der Waals surface area contributed by atoms with Crippen LogP contribution in [-0.4, -0.2) is 41.6 Å². The van der Waals surface area contributed by atoms with Gasteiger partial charge in [-0.15, -0.1) is 0 Å². The van der Waals surface area contributed by atoms with Gasteiger partial charge in [0.2, 0.25) is 0 Å². The van der Waals surface area contributed by atoms with Gasteiger partial charge in [-0.1, -0.05) is 0 Å². The number of ether oxygens (including phenoxy) is 1. The van der Waals surface area contributed by atoms with Crippen molar-refractivity contribution in [2.45, 2.75) is 32.8 Å². The highest BCUT2D eigenvalue weighted by Gasteiger charge is 2.15. The molecule has 1 atom stereocenters. The number of rotatable bonds is 6. The number of aryl methyl sites for hydroxylation is 1. The molecule has 0 radical (unpaired) electrons. The summed E-state index contributed by atoms with van der Waals surface area (Å²) in [5.74, 6) is 2.17. The van der Waals surface area contributed by atoms with Crippen molar-refractivity contribution in [3.63, 3.8) is 0 Å². The summed E-state index contributed by atoms with van der Waals surface area (Å²) in [4.78, 5) is 19.5. The Hall–Kier alpha value is -1.69. The number of nitrogens with one attached hydrogen (secondary N) is 2. The van der Waals surface area contributed by atoms with E-state index in [1.165, 1.54) is 6.92 Å². The number of Topliss-reactive ketones (excluding diaryl/α,β-unsaturated/α-hetero) is 1. The normalized spacial score (nSPS) is 18.3. The van der Waals surface area contributed by atoms with E-state index in [0.29, 0.717) is 11.6 Å². The van der Waals surface area contributed by atoms with E-state index in [4.69, 9.17) is 4.74 Å². The van der Waals surface area contributed by atoms with E-state index >= 15 is 0 Å². The molecule has 1 saturated heterocycles. The fraction of sp³-hybridized carbons (Fsp3) is 0.615. The number of ketones is 1. The number of hydrogen-bond acceptors (Lipinski definition) is 6. The minimum atomic E-state index is 0.0742. The minimum absolute atomic E-state index is 0.0742. The Morgan fingerprint density at radius 3 is 2.79 bits per heavy atom. The number of anilines is 2. The molecule has 0 bridgehead atoms. The van der Waals surface area contributed by atoms with Gasteiger partial charge in [0.15, 0.2) is 0 Å². The van der Waals surface area contributed by atoms with Crippen molar-refractivity contribution in [2.75, 3.05) is 30.3 Å². The molecule has 2 rings (SSSR count). The van der Waals surface area contributed by atoms with Gasteiger partial charge in [-0.25, -0.2) is 9.97 Å². The van der Waals surface area contributed by atoms with Crippen molar-refractivity contribution in [2.24, 2.45) is 0 Å². The zero-order chi connectivity index (χ0) is 13.7. The number of aromatic nitrogens is 2. The van der Waals surface area contributed by atoms with Crippen molar-refractivity contribution in [3.05, 3.63) is 11.9 Å². The van der Waals surface area contributed by atoms with E-state index in [2.05, 4.69) is 20.6 Å². The summed E-state index contributed by atoms with van der Waals surface area (Å²) in [6.07, 6.45) is 2.48. The molecule has 19 heavy (non-hydrogen) atoms. The lowest BCUT2D eigenvalue weighted by molar-refractivity contribution is -0.115. The minimum Gasteiger partial charge on any atom is -0.376 e. The van der Waals surface area contributed by atoms with Crippen molar-refractivity contribution in [1.29, 1.82) is 0 Å². The van der Waals surface area contributed by atoms with E-state index in [1.807, 2.05) is 13.0 Å². The molecule has 0 amide bonds. The van der Waals surface area contributed by atoms with Crippen LogP contribution in [0.2, 0.25) is 0 Å². The van der Waals surface area contributed by atoms with Gasteiger partial charge in [0.05, 0.1) is 12.6 Å². The van der Waals surface area contributed by atoms with Crippen LogP contribution in [0.3, 0.4) is 0 Å². The lowest BCUT2D eigenvalue weighted by Gasteiger charge is -2.12. The molecule has 1 fully saturated rings. The van der Waals surface area contributed by atoms with Crippen LogP contribution < -0.4 is 10.6 Å². The van der Waals surface area contributed by atoms with E-state index in [9.17, 15) is 4.79 Å². The summed E-state index contributed by atoms with van der Waals surface area (Å²) in [6.45, 7) is 5.25. The molecule has 0 spiro atoms. The van der Waals surface area contributed by atoms with Gasteiger partial charge in [-0.05, 0) is 26.7 Å². The predicted octanol–water partition coefficient (Wildman–Crippen LogP) is 1.38. The van der Waals surface area contributed by atoms with E-state index in [-0.39, 0.29) is 18.4 Å². The van der Waals surface area contributed by atoms with Gasteiger partial charge in [0, 0.05) is 19.2 Å². The molecule has 1 aliphatic heterocycles. The molecule has 6 nitrogen and oxygen atoms in total. The first-order chi connectivity index (χ1) is 9.13. The molecule has 1 aliphatic rings. The summed E-state index contributed by atoms with van der Waals surface area (Å²) in [7, 11) is 0. The van der Waals surface area contributed by atoms with E-state index < -0.39 is 0 Å². The quantitative estimate of drug-likeness (QED) is 0.808. The Morgan fingerprint density at radius 2 is 2.16 bits per heavy atom. The van der Waals surface area contributed by atoms with Gasteiger partial charge >= 0.3 is 0 Å². The standard InChI is InChI=1S/C13H20N4O2/c1-9(18)7-14-12-6-13(17-10(2)16-12)15-8-11-4-3-5-19-11/h6,11H,3-5,7-8H2,1-2H3,(H2,14,15,16,17). The monoisotopic (exact) mass is 264 g/mol. The molecule has 6 heteroatoms. The Kier molecular flexibility index (Phi) is 4.68. The first-order valence-electron chi connectivity index (χ1n) is 6.58. The number of carbonyl (C=O) groups is 1. The van der Waals surface area contributed by atoms with Gasteiger partial charge in [-0.3, -0.25) is 4.79 Å². The maximum Gasteiger partial charge on any atom is 0.148 e. The van der Waals surface area contributed by atoms with Crippen molar-refractivity contribution >= 4 is 17.4 Å². The number of nitrogens with zero attached hydrogens (tertiary/aromatic N) is 2. The maximum absolute atomic E-state index is 10.9. The molecule has 1 aromatic rings. The van der Waals surface area contributed by atoms with Crippen LogP contribution in [0.25, 0.3) is 0 Å². The lowest BCUT2D eigenvalue weighted by Crippen LogP contribution is -2.19. The highest BCUT2D eigenvalue weighted by Crippen LogP contribution is 2.15. The van der Waals surface area contributed by atoms with Crippen LogP contribution in [-0.2, 0) is 9.53 Å². The van der Waals surface area contributed by atoms with Crippen LogP contribution >= 0.6 is 0 Å². The van der Waals surface area contributed by atoms with Crippen molar-refractivity contribution in [3.8, 4) is 0 Å². The second-order valence-electron chi connectivity index (χ2n) is 4.76. The molecule has 0 aliphatic carbocycles. The Labute approximate surface area is 113 Å². The Morgan fingerprint density at radius 1 is 1.42 bits per heavy atom. The van der Waals surface area contributed by atoms with Crippen LogP contribution in [0, 0.1) is 6.92 Å². The molecule has 0 saturated carbocycles. The third-order valence-electron chi connectivity index (χ3n) is 2.89. The van der Waals surface area contributed by atoms with Crippen LogP contribution in [0.4, 0.5) is 11.6 Å². The molecule has 2 N–H and O–H groups in total. The molecular weight excluding hydrogens is 244 g/mol. The zero-order valence-corrected chi connectivity index (χ0v) is 11.4. The largest absolute Gasteiger partial charge is 0.376 e. The summed E-state index contributed by atoms with van der Waals surface area (Å²) < 4.78 is 5.55. The van der Waals surface area contributed by atoms with Gasteiger partial charge in [0.25, 0.3) is 0 Å². The summed E-state index contributed by atoms with van der Waals surface area (Å²) in [6, 6.07) is 1.81. The lowest BCUT2D eigenvalue weighted by atomic mass is 10.2. The third-order valence-corrected chi connectivity index (χ3v) is 2.89. The second-order valence-corrected chi connectivity index (χ2v) is 4.76. The Bertz CT molecular complexity index is 444. The van der Waals surface area contributed by atoms with Crippen LogP contribution in [0.1, 0.15) is 25.6 Å². The summed E-state index contributed by atoms with van der Waals surface area (Å²) >= 11 is 0. The topological polar surface area (TPSA) is 76.1 Å². The average molecular weight is 264 g/mol. The fourth-order valence-electron chi connectivity index (χ4n) is 1.99. The molecule has 1 unspecified atom stereocenters. The SMILES string of the molecule is CC(=O)CNc1cc(NCC2CCCO2)nc(C)n1. The molecule has 1 aromatic heterocycles. The van der Waals surface area contributed by atoms with E-state index in [0.717, 1.165) is 31.8 Å². The Balaban J connectivity index is 1.93. The third kappa shape index (κ3) is 4.48.